The maximum atomic E-state index is 10.0. The van der Waals surface area contributed by atoms with Crippen LogP contribution in [0.5, 0.6) is 0 Å². The first-order valence-electron chi connectivity index (χ1n) is 25.1. The standard InChI is InChI=1S/C54H35N3/c1-3-16-36(17-4-1)38-32-39(37-18-5-2-6-19-37)34-41(33-38)55-48-25-11-7-22-44(48)46-31-30-40(35-53(46)55)56-49-26-12-10-23-45(49)47-24-15-29-52(54(47)56)57-50-27-13-8-20-42(50)43-21-9-14-28-51(43)57/h1-35H/i1D,2D,3D,4D,5D,6D,16D,17D,18D,19D,32D,33D,34D. The molecule has 0 radical (unpaired) electrons. The molecule has 0 aliphatic rings. The van der Waals surface area contributed by atoms with Gasteiger partial charge in [0, 0.05) is 43.7 Å². The van der Waals surface area contributed by atoms with Gasteiger partial charge in [-0.25, -0.2) is 0 Å². The Hall–Kier alpha value is -7.62. The van der Waals surface area contributed by atoms with E-state index in [9.17, 15) is 4.11 Å². The third-order valence-electron chi connectivity index (χ3n) is 10.9. The fourth-order valence-corrected chi connectivity index (χ4v) is 8.54. The van der Waals surface area contributed by atoms with Crippen molar-refractivity contribution in [2.75, 3.05) is 0 Å². The van der Waals surface area contributed by atoms with Crippen LogP contribution < -0.4 is 0 Å². The van der Waals surface area contributed by atoms with Crippen molar-refractivity contribution in [1.29, 1.82) is 0 Å². The molecule has 3 heterocycles. The number of para-hydroxylation sites is 5. The van der Waals surface area contributed by atoms with E-state index >= 15 is 0 Å². The van der Waals surface area contributed by atoms with E-state index in [2.05, 4.69) is 63.7 Å². The van der Waals surface area contributed by atoms with Crippen molar-refractivity contribution in [2.45, 2.75) is 0 Å². The van der Waals surface area contributed by atoms with Gasteiger partial charge in [-0.3, -0.25) is 0 Å². The second-order valence-corrected chi connectivity index (χ2v) is 13.9. The van der Waals surface area contributed by atoms with E-state index in [1.54, 1.807) is 16.7 Å². The van der Waals surface area contributed by atoms with Crippen LogP contribution in [0.3, 0.4) is 0 Å². The van der Waals surface area contributed by atoms with Crippen LogP contribution in [0.2, 0.25) is 0 Å². The molecular weight excluding hydrogens is 691 g/mol. The molecule has 266 valence electrons. The van der Waals surface area contributed by atoms with Crippen LogP contribution in [0.15, 0.2) is 212 Å². The largest absolute Gasteiger partial charge is 0.309 e. The lowest BCUT2D eigenvalue weighted by Crippen LogP contribution is -2.01. The fraction of sp³-hybridized carbons (Fsp3) is 0. The van der Waals surface area contributed by atoms with Crippen LogP contribution in [0.1, 0.15) is 17.8 Å². The van der Waals surface area contributed by atoms with Gasteiger partial charge >= 0.3 is 0 Å². The Labute approximate surface area is 347 Å². The van der Waals surface area contributed by atoms with Gasteiger partial charge in [-0.15, -0.1) is 0 Å². The average Bonchev–Trinajstić information content (AvgIpc) is 4.01. The van der Waals surface area contributed by atoms with Crippen molar-refractivity contribution < 1.29 is 17.8 Å². The summed E-state index contributed by atoms with van der Waals surface area (Å²) >= 11 is 0. The number of rotatable bonds is 5. The third-order valence-corrected chi connectivity index (χ3v) is 10.9. The Morgan fingerprint density at radius 1 is 0.316 bits per heavy atom. The van der Waals surface area contributed by atoms with Crippen molar-refractivity contribution in [2.24, 2.45) is 0 Å². The van der Waals surface area contributed by atoms with Gasteiger partial charge in [-0.1, -0.05) is 151 Å². The van der Waals surface area contributed by atoms with Crippen LogP contribution in [0.25, 0.3) is 105 Å². The molecule has 0 atom stereocenters. The molecule has 0 fully saturated rings. The molecule has 0 bridgehead atoms. The zero-order chi connectivity index (χ0) is 48.8. The van der Waals surface area contributed by atoms with E-state index in [0.717, 1.165) is 54.7 Å². The molecule has 0 amide bonds. The average molecular weight is 739 g/mol. The molecular formula is C54H35N3. The zero-order valence-electron chi connectivity index (χ0n) is 43.0. The van der Waals surface area contributed by atoms with Gasteiger partial charge in [-0.2, -0.15) is 0 Å². The summed E-state index contributed by atoms with van der Waals surface area (Å²) in [5, 5.41) is 5.64. The predicted octanol–water partition coefficient (Wildman–Crippen LogP) is 14.3. The Morgan fingerprint density at radius 2 is 0.772 bits per heavy atom. The Kier molecular flexibility index (Phi) is 4.69. The highest BCUT2D eigenvalue weighted by Gasteiger charge is 2.21. The molecule has 3 heteroatoms. The van der Waals surface area contributed by atoms with Gasteiger partial charge in [0.1, 0.15) is 0 Å². The Morgan fingerprint density at radius 3 is 1.33 bits per heavy atom. The highest BCUT2D eigenvalue weighted by molar-refractivity contribution is 6.16. The smallest absolute Gasteiger partial charge is 0.0782 e. The third kappa shape index (κ3) is 4.79. The van der Waals surface area contributed by atoms with Gasteiger partial charge in [0.15, 0.2) is 0 Å². The molecule has 0 saturated heterocycles. The van der Waals surface area contributed by atoms with Gasteiger partial charge in [0.2, 0.25) is 0 Å². The number of benzene rings is 9. The highest BCUT2D eigenvalue weighted by Crippen LogP contribution is 2.42. The lowest BCUT2D eigenvalue weighted by molar-refractivity contribution is 1.13. The lowest BCUT2D eigenvalue weighted by atomic mass is 9.98. The number of nitrogens with zero attached hydrogens (tertiary/aromatic N) is 3. The first-order chi connectivity index (χ1) is 33.7. The number of hydrogen-bond donors (Lipinski definition) is 0. The van der Waals surface area contributed by atoms with Crippen molar-refractivity contribution in [3.05, 3.63) is 212 Å². The van der Waals surface area contributed by atoms with E-state index in [0.29, 0.717) is 22.1 Å². The first-order valence-corrected chi connectivity index (χ1v) is 18.6. The van der Waals surface area contributed by atoms with E-state index in [-0.39, 0.29) is 5.69 Å². The van der Waals surface area contributed by atoms with Gasteiger partial charge in [0.05, 0.1) is 56.6 Å². The van der Waals surface area contributed by atoms with Crippen molar-refractivity contribution in [3.63, 3.8) is 0 Å². The van der Waals surface area contributed by atoms with E-state index in [4.69, 9.17) is 13.7 Å². The molecule has 0 unspecified atom stereocenters. The molecule has 3 aromatic heterocycles. The summed E-state index contributed by atoms with van der Waals surface area (Å²) in [4.78, 5) is 0. The molecule has 12 aromatic rings. The summed E-state index contributed by atoms with van der Waals surface area (Å²) in [6.07, 6.45) is 0. The van der Waals surface area contributed by atoms with Crippen LogP contribution >= 0.6 is 0 Å². The molecule has 3 nitrogen and oxygen atoms in total. The minimum Gasteiger partial charge on any atom is -0.309 e. The topological polar surface area (TPSA) is 14.8 Å². The quantitative estimate of drug-likeness (QED) is 0.167. The molecule has 0 saturated carbocycles. The minimum absolute atomic E-state index is 0.198. The van der Waals surface area contributed by atoms with Crippen molar-refractivity contribution in [1.82, 2.24) is 13.7 Å². The van der Waals surface area contributed by atoms with Crippen LogP contribution in [-0.2, 0) is 0 Å². The second-order valence-electron chi connectivity index (χ2n) is 13.9. The van der Waals surface area contributed by atoms with Gasteiger partial charge < -0.3 is 13.7 Å². The number of hydrogen-bond acceptors (Lipinski definition) is 0. The molecule has 0 spiro atoms. The minimum atomic E-state index is -0.719. The van der Waals surface area contributed by atoms with Crippen LogP contribution in [0, 0.1) is 0 Å². The van der Waals surface area contributed by atoms with E-state index in [1.807, 2.05) is 66.7 Å². The maximum Gasteiger partial charge on any atom is 0.0782 e. The normalized spacial score (nSPS) is 15.1. The molecule has 0 aliphatic heterocycles. The highest BCUT2D eigenvalue weighted by atomic mass is 15.1. The SMILES string of the molecule is [2H]c1c([2H])c([2H])c(-c2c([2H])c(-c3c([2H])c([2H])c([2H])c([2H])c3[2H])c([2H])c(-n3c4ccccc4c4ccc(-n5c6ccccc6c6cccc(-n7c8ccccc8c8ccccc87)c65)cc43)c2[2H])c([2H])c1[2H]. The zero-order valence-corrected chi connectivity index (χ0v) is 30.0. The Balaban J connectivity index is 1.24. The molecule has 0 N–H and O–H groups in total. The van der Waals surface area contributed by atoms with E-state index in [1.165, 1.54) is 0 Å². The molecule has 0 aliphatic carbocycles. The summed E-state index contributed by atoms with van der Waals surface area (Å²) in [6, 6.07) is 35.4. The van der Waals surface area contributed by atoms with Gasteiger partial charge in [-0.05, 0) is 82.8 Å². The monoisotopic (exact) mass is 738 g/mol. The molecule has 57 heavy (non-hydrogen) atoms. The summed E-state index contributed by atoms with van der Waals surface area (Å²) in [7, 11) is 0. The Bertz CT molecular complexity index is 4090. The van der Waals surface area contributed by atoms with Crippen LogP contribution in [0.4, 0.5) is 0 Å². The van der Waals surface area contributed by atoms with Crippen LogP contribution in [-0.4, -0.2) is 13.7 Å². The first kappa shape index (κ1) is 21.5. The second kappa shape index (κ2) is 12.5. The number of aromatic nitrogens is 3. The predicted molar refractivity (Wildman–Crippen MR) is 240 cm³/mol. The molecule has 9 aromatic carbocycles. The number of fused-ring (bicyclic) bond motifs is 9. The lowest BCUT2D eigenvalue weighted by Gasteiger charge is -2.16. The molecule has 12 rings (SSSR count). The summed E-state index contributed by atoms with van der Waals surface area (Å²) in [5.74, 6) is 0. The summed E-state index contributed by atoms with van der Waals surface area (Å²) < 4.78 is 123. The van der Waals surface area contributed by atoms with Crippen molar-refractivity contribution >= 4 is 65.4 Å². The van der Waals surface area contributed by atoms with Crippen molar-refractivity contribution in [3.8, 4) is 39.3 Å². The summed E-state index contributed by atoms with van der Waals surface area (Å²) in [5.41, 5.74) is 4.38. The maximum absolute atomic E-state index is 10.0. The van der Waals surface area contributed by atoms with E-state index < -0.39 is 101 Å². The summed E-state index contributed by atoms with van der Waals surface area (Å²) in [6.45, 7) is 0. The van der Waals surface area contributed by atoms with Gasteiger partial charge in [0.25, 0.3) is 0 Å². The fourth-order valence-electron chi connectivity index (χ4n) is 8.54.